The molecule has 10 nitrogen and oxygen atoms in total. The second-order valence-corrected chi connectivity index (χ2v) is 11.8. The van der Waals surface area contributed by atoms with Gasteiger partial charge in [-0.3, -0.25) is 0 Å². The zero-order valence-corrected chi connectivity index (χ0v) is 23.3. The first-order valence-electron chi connectivity index (χ1n) is 13.9. The first kappa shape index (κ1) is 26.8. The van der Waals surface area contributed by atoms with Gasteiger partial charge in [-0.15, -0.1) is 11.3 Å². The van der Waals surface area contributed by atoms with Crippen molar-refractivity contribution in [2.24, 2.45) is 11.8 Å². The van der Waals surface area contributed by atoms with E-state index in [0.29, 0.717) is 24.1 Å². The number of para-hydroxylation sites is 1. The Morgan fingerprint density at radius 2 is 1.80 bits per heavy atom. The molecule has 6 rings (SSSR count). The third-order valence-electron chi connectivity index (χ3n) is 8.09. The highest BCUT2D eigenvalue weighted by Gasteiger charge is 2.41. The molecular formula is C29H35N7O3S. The number of aliphatic hydroxyl groups is 3. The molecule has 1 saturated heterocycles. The van der Waals surface area contributed by atoms with Crippen molar-refractivity contribution in [2.45, 2.75) is 44.4 Å². The van der Waals surface area contributed by atoms with E-state index in [1.165, 1.54) is 0 Å². The summed E-state index contributed by atoms with van der Waals surface area (Å²) in [6, 6.07) is 13.5. The third-order valence-corrected chi connectivity index (χ3v) is 9.15. The first-order chi connectivity index (χ1) is 19.5. The molecule has 0 radical (unpaired) electrons. The lowest BCUT2D eigenvalue weighted by molar-refractivity contribution is 0.00446. The van der Waals surface area contributed by atoms with E-state index in [2.05, 4.69) is 26.6 Å². The molecule has 1 saturated carbocycles. The van der Waals surface area contributed by atoms with Gasteiger partial charge >= 0.3 is 0 Å². The quantitative estimate of drug-likeness (QED) is 0.218. The van der Waals surface area contributed by atoms with E-state index in [1.54, 1.807) is 11.3 Å². The monoisotopic (exact) mass is 561 g/mol. The number of rotatable bonds is 8. The van der Waals surface area contributed by atoms with E-state index in [-0.39, 0.29) is 6.61 Å². The molecule has 1 aliphatic carbocycles. The summed E-state index contributed by atoms with van der Waals surface area (Å²) in [7, 11) is 0. The molecule has 4 atom stereocenters. The Bertz CT molecular complexity index is 1410. The first-order valence-corrected chi connectivity index (χ1v) is 14.7. The Morgan fingerprint density at radius 3 is 2.52 bits per heavy atom. The van der Waals surface area contributed by atoms with Crippen molar-refractivity contribution in [3.8, 4) is 10.6 Å². The maximum Gasteiger partial charge on any atom is 0.224 e. The fourth-order valence-corrected chi connectivity index (χ4v) is 6.82. The summed E-state index contributed by atoms with van der Waals surface area (Å²) in [6.45, 7) is 4.44. The van der Waals surface area contributed by atoms with Crippen LogP contribution in [0.15, 0.2) is 48.7 Å². The highest BCUT2D eigenvalue weighted by molar-refractivity contribution is 7.21. The Balaban J connectivity index is 1.22. The van der Waals surface area contributed by atoms with Crippen molar-refractivity contribution in [3.63, 3.8) is 0 Å². The van der Waals surface area contributed by atoms with Crippen molar-refractivity contribution in [2.75, 3.05) is 41.8 Å². The van der Waals surface area contributed by atoms with Gasteiger partial charge in [0.25, 0.3) is 0 Å². The highest BCUT2D eigenvalue weighted by Crippen LogP contribution is 2.38. The minimum Gasteiger partial charge on any atom is -0.396 e. The molecule has 0 amide bonds. The molecule has 0 spiro atoms. The molecule has 40 heavy (non-hydrogen) atoms. The van der Waals surface area contributed by atoms with Crippen LogP contribution in [0, 0.1) is 18.8 Å². The lowest BCUT2D eigenvalue weighted by Gasteiger charge is -2.32. The Hall–Kier alpha value is -3.38. The number of nitrogens with zero attached hydrogens (tertiary/aromatic N) is 5. The molecule has 4 aromatic rings. The van der Waals surface area contributed by atoms with Crippen molar-refractivity contribution in [3.05, 3.63) is 54.4 Å². The third kappa shape index (κ3) is 5.46. The van der Waals surface area contributed by atoms with Crippen LogP contribution in [-0.4, -0.2) is 79.7 Å². The van der Waals surface area contributed by atoms with Gasteiger partial charge in [-0.1, -0.05) is 18.2 Å². The fourth-order valence-electron chi connectivity index (χ4n) is 5.76. The van der Waals surface area contributed by atoms with Crippen LogP contribution in [0.1, 0.15) is 25.0 Å². The maximum atomic E-state index is 10.7. The Morgan fingerprint density at radius 1 is 1.00 bits per heavy atom. The van der Waals surface area contributed by atoms with E-state index >= 15 is 0 Å². The molecule has 0 unspecified atom stereocenters. The van der Waals surface area contributed by atoms with Gasteiger partial charge in [0.1, 0.15) is 22.7 Å². The minimum absolute atomic E-state index is 0.185. The van der Waals surface area contributed by atoms with Gasteiger partial charge in [-0.25, -0.2) is 15.0 Å². The Kier molecular flexibility index (Phi) is 7.79. The number of nitrogens with one attached hydrogen (secondary N) is 2. The molecule has 4 heterocycles. The summed E-state index contributed by atoms with van der Waals surface area (Å²) >= 11 is 1.57. The van der Waals surface area contributed by atoms with E-state index in [1.807, 2.05) is 49.5 Å². The van der Waals surface area contributed by atoms with Crippen LogP contribution in [0.3, 0.4) is 0 Å². The lowest BCUT2D eigenvalue weighted by Crippen LogP contribution is -2.36. The lowest BCUT2D eigenvalue weighted by atomic mass is 9.97. The number of aryl methyl sites for hydroxylation is 1. The van der Waals surface area contributed by atoms with Crippen molar-refractivity contribution < 1.29 is 15.3 Å². The van der Waals surface area contributed by atoms with Gasteiger partial charge in [0, 0.05) is 38.4 Å². The standard InChI is InChI=1S/C29H35N7O3S/c1-17-24(28-34-20-6-2-3-7-22(20)40-28)27(33-21-14-19(16-37)25(38)26(21)39)35-29(32-17)31-15-18-9-12-36(13-10-18)23-8-4-5-11-30-23/h2-8,11,18-19,21,25-26,37-39H,9-10,12-16H2,1H3,(H2,31,32,33,35)/t19-,21-,25-,26+/m1/s1. The van der Waals surface area contributed by atoms with Gasteiger partial charge in [0.05, 0.1) is 33.6 Å². The molecule has 3 aromatic heterocycles. The van der Waals surface area contributed by atoms with Crippen LogP contribution >= 0.6 is 11.3 Å². The number of aliphatic hydroxyl groups excluding tert-OH is 3. The Labute approximate surface area is 237 Å². The summed E-state index contributed by atoms with van der Waals surface area (Å²) in [5.41, 5.74) is 2.46. The summed E-state index contributed by atoms with van der Waals surface area (Å²) in [5.74, 6) is 2.20. The summed E-state index contributed by atoms with van der Waals surface area (Å²) < 4.78 is 1.07. The van der Waals surface area contributed by atoms with Gasteiger partial charge in [-0.05, 0) is 56.4 Å². The van der Waals surface area contributed by atoms with Crippen molar-refractivity contribution in [1.82, 2.24) is 19.9 Å². The molecule has 5 N–H and O–H groups in total. The van der Waals surface area contributed by atoms with Gasteiger partial charge < -0.3 is 30.9 Å². The number of anilines is 3. The number of hydrogen-bond donors (Lipinski definition) is 5. The largest absolute Gasteiger partial charge is 0.396 e. The number of piperidine rings is 1. The molecule has 1 aliphatic heterocycles. The van der Waals surface area contributed by atoms with E-state index in [4.69, 9.17) is 15.0 Å². The van der Waals surface area contributed by atoms with Gasteiger partial charge in [0.2, 0.25) is 5.95 Å². The highest BCUT2D eigenvalue weighted by atomic mass is 32.1. The van der Waals surface area contributed by atoms with E-state index in [9.17, 15) is 15.3 Å². The van der Waals surface area contributed by atoms with E-state index in [0.717, 1.165) is 64.8 Å². The number of thiazole rings is 1. The zero-order valence-electron chi connectivity index (χ0n) is 22.4. The van der Waals surface area contributed by atoms with Crippen LogP contribution in [0.2, 0.25) is 0 Å². The summed E-state index contributed by atoms with van der Waals surface area (Å²) in [5, 5.41) is 38.4. The van der Waals surface area contributed by atoms with Crippen LogP contribution in [0.25, 0.3) is 20.8 Å². The van der Waals surface area contributed by atoms with Gasteiger partial charge in [-0.2, -0.15) is 4.98 Å². The molecular weight excluding hydrogens is 526 g/mol. The molecule has 11 heteroatoms. The number of benzene rings is 1. The van der Waals surface area contributed by atoms with Crippen molar-refractivity contribution >= 4 is 39.1 Å². The molecule has 2 fully saturated rings. The summed E-state index contributed by atoms with van der Waals surface area (Å²) in [6.07, 6.45) is 2.35. The predicted molar refractivity (Wildman–Crippen MR) is 158 cm³/mol. The van der Waals surface area contributed by atoms with E-state index < -0.39 is 24.2 Å². The van der Waals surface area contributed by atoms with Crippen molar-refractivity contribution in [1.29, 1.82) is 0 Å². The van der Waals surface area contributed by atoms with Crippen LogP contribution in [0.5, 0.6) is 0 Å². The topological polar surface area (TPSA) is 140 Å². The smallest absolute Gasteiger partial charge is 0.224 e. The predicted octanol–water partition coefficient (Wildman–Crippen LogP) is 3.30. The zero-order chi connectivity index (χ0) is 27.6. The SMILES string of the molecule is Cc1nc(NCC2CCN(c3ccccn3)CC2)nc(N[C@@H]2C[C@H](CO)[C@@H](O)[C@H]2O)c1-c1nc2ccccc2s1. The van der Waals surface area contributed by atoms with Gasteiger partial charge in [0.15, 0.2) is 0 Å². The second-order valence-electron chi connectivity index (χ2n) is 10.8. The second kappa shape index (κ2) is 11.6. The van der Waals surface area contributed by atoms with Crippen LogP contribution in [-0.2, 0) is 0 Å². The fraction of sp³-hybridized carbons (Fsp3) is 0.448. The number of fused-ring (bicyclic) bond motifs is 1. The summed E-state index contributed by atoms with van der Waals surface area (Å²) in [4.78, 5) is 21.3. The molecule has 1 aromatic carbocycles. The minimum atomic E-state index is -1.02. The maximum absolute atomic E-state index is 10.7. The number of hydrogen-bond acceptors (Lipinski definition) is 11. The average Bonchev–Trinajstić information content (AvgIpc) is 3.52. The van der Waals surface area contributed by atoms with Crippen LogP contribution in [0.4, 0.5) is 17.6 Å². The van der Waals surface area contributed by atoms with Crippen LogP contribution < -0.4 is 15.5 Å². The molecule has 0 bridgehead atoms. The molecule has 2 aliphatic rings. The number of pyridine rings is 1. The molecule has 210 valence electrons. The average molecular weight is 562 g/mol. The number of aromatic nitrogens is 4. The normalized spacial score (nSPS) is 23.6.